The summed E-state index contributed by atoms with van der Waals surface area (Å²) >= 11 is 0. The lowest BCUT2D eigenvalue weighted by atomic mass is 9.80. The second-order valence-corrected chi connectivity index (χ2v) is 20.0. The van der Waals surface area contributed by atoms with Gasteiger partial charge in [-0.05, 0) is 69.4 Å². The summed E-state index contributed by atoms with van der Waals surface area (Å²) in [6.45, 7) is 15.0. The van der Waals surface area contributed by atoms with E-state index in [-0.39, 0.29) is 35.7 Å². The zero-order valence-electron chi connectivity index (χ0n) is 37.5. The van der Waals surface area contributed by atoms with Gasteiger partial charge in [0.15, 0.2) is 5.71 Å². The molecule has 0 aliphatic carbocycles. The molecule has 4 aromatic carbocycles. The number of aromatic nitrogens is 2. The van der Waals surface area contributed by atoms with Gasteiger partial charge >= 0.3 is 0 Å². The number of hydrogen-bond donors (Lipinski definition) is 3. The second-order valence-electron chi connectivity index (χ2n) is 17.3. The Hall–Kier alpha value is -5.45. The minimum atomic E-state index is -0.113. The van der Waals surface area contributed by atoms with E-state index in [4.69, 9.17) is 0 Å². The number of carbonyl (C=O) groups excluding carboxylic acids is 2. The molecule has 3 N–H and O–H groups in total. The summed E-state index contributed by atoms with van der Waals surface area (Å²) in [4.78, 5) is 26.4. The van der Waals surface area contributed by atoms with Crippen LogP contribution in [0.3, 0.4) is 0 Å². The molecule has 0 radical (unpaired) electrons. The Morgan fingerprint density at radius 1 is 0.710 bits per heavy atom. The summed E-state index contributed by atoms with van der Waals surface area (Å²) in [5.74, 6) is 1.55. The van der Waals surface area contributed by atoms with Gasteiger partial charge in [-0.15, -0.1) is 0 Å². The largest absolute Gasteiger partial charge is 0.388 e. The van der Waals surface area contributed by atoms with Crippen molar-refractivity contribution < 1.29 is 14.2 Å². The Bertz CT molecular complexity index is 2700. The molecule has 8 nitrogen and oxygen atoms in total. The van der Waals surface area contributed by atoms with Crippen LogP contribution < -0.4 is 16.0 Å². The summed E-state index contributed by atoms with van der Waals surface area (Å²) in [5.41, 5.74) is 12.7. The van der Waals surface area contributed by atoms with E-state index in [1.807, 2.05) is 19.2 Å². The van der Waals surface area contributed by atoms with E-state index in [2.05, 4.69) is 187 Å². The minimum absolute atomic E-state index is 0.00225. The first-order valence-electron chi connectivity index (χ1n) is 21.6. The highest BCUT2D eigenvalue weighted by Crippen LogP contribution is 2.40. The first-order chi connectivity index (χ1) is 29.8. The van der Waals surface area contributed by atoms with Crippen LogP contribution in [0.5, 0.6) is 0 Å². The molecule has 1 aliphatic heterocycles. The van der Waals surface area contributed by atoms with Gasteiger partial charge < -0.3 is 25.1 Å². The summed E-state index contributed by atoms with van der Waals surface area (Å²) in [6, 6.07) is 33.8. The predicted molar refractivity (Wildman–Crippen MR) is 266 cm³/mol. The van der Waals surface area contributed by atoms with Gasteiger partial charge in [0.05, 0.1) is 5.41 Å². The lowest BCUT2D eigenvalue weighted by molar-refractivity contribution is -0.401. The topological polar surface area (TPSA) is 83.1 Å². The molecule has 0 atom stereocenters. The summed E-state index contributed by atoms with van der Waals surface area (Å²) < 4.78 is 6.54. The van der Waals surface area contributed by atoms with Crippen molar-refractivity contribution in [2.24, 2.45) is 0 Å². The fourth-order valence-electron chi connectivity index (χ4n) is 9.06. The normalized spacial score (nSPS) is 13.8. The van der Waals surface area contributed by atoms with Crippen molar-refractivity contribution >= 4 is 84.4 Å². The molecule has 0 saturated carbocycles. The van der Waals surface area contributed by atoms with Crippen molar-refractivity contribution in [2.45, 2.75) is 71.9 Å². The molecule has 0 fully saturated rings. The van der Waals surface area contributed by atoms with Crippen molar-refractivity contribution in [2.75, 3.05) is 44.0 Å². The van der Waals surface area contributed by atoms with E-state index < -0.39 is 0 Å². The molecule has 10 heteroatoms. The molecule has 0 bridgehead atoms. The van der Waals surface area contributed by atoms with E-state index in [0.717, 1.165) is 67.9 Å². The van der Waals surface area contributed by atoms with Crippen molar-refractivity contribution in [3.63, 3.8) is 0 Å². The highest BCUT2D eigenvalue weighted by atomic mass is 33.1. The van der Waals surface area contributed by atoms with Crippen LogP contribution in [-0.4, -0.2) is 69.9 Å². The van der Waals surface area contributed by atoms with Crippen molar-refractivity contribution in [1.82, 2.24) is 19.8 Å². The molecule has 0 unspecified atom stereocenters. The van der Waals surface area contributed by atoms with Crippen LogP contribution in [0.25, 0.3) is 34.0 Å². The fourth-order valence-corrected chi connectivity index (χ4v) is 10.9. The van der Waals surface area contributed by atoms with Gasteiger partial charge in [-0.2, -0.15) is 4.58 Å². The van der Waals surface area contributed by atoms with Crippen LogP contribution >= 0.6 is 21.6 Å². The zero-order valence-corrected chi connectivity index (χ0v) is 39.1. The van der Waals surface area contributed by atoms with E-state index in [0.29, 0.717) is 13.1 Å². The number of carbonyl (C=O) groups is 2. The molecule has 62 heavy (non-hydrogen) atoms. The number of para-hydroxylation sites is 4. The number of fused-ring (bicyclic) bond motifs is 3. The number of allylic oxidation sites excluding steroid dienone is 2. The summed E-state index contributed by atoms with van der Waals surface area (Å²) in [7, 11) is 7.53. The third-order valence-electron chi connectivity index (χ3n) is 12.4. The Kier molecular flexibility index (Phi) is 13.9. The van der Waals surface area contributed by atoms with E-state index in [1.54, 1.807) is 21.6 Å². The predicted octanol–water partition coefficient (Wildman–Crippen LogP) is 10.7. The second kappa shape index (κ2) is 19.3. The zero-order chi connectivity index (χ0) is 44.0. The molecule has 2 aromatic heterocycles. The summed E-state index contributed by atoms with van der Waals surface area (Å²) in [6.07, 6.45) is 9.83. The number of nitrogens with zero attached hydrogens (tertiary/aromatic N) is 3. The number of anilines is 1. The maximum Gasteiger partial charge on any atom is 0.239 e. The average Bonchev–Trinajstić information content (AvgIpc) is 3.76. The SMILES string of the molecule is CNc1ccccc1C(C)(C)C/C=C/c1c(C)n(CC(=O)NCCSSCCNC(=O)Cn2c(C)c(/C=C/C3=[N+](C)c4ccccc4C3(C)C)c3ccccc32)c2ccccc12. The van der Waals surface area contributed by atoms with Crippen LogP contribution in [0, 0.1) is 13.8 Å². The van der Waals surface area contributed by atoms with Crippen LogP contribution in [0.2, 0.25) is 0 Å². The minimum Gasteiger partial charge on any atom is -0.388 e. The van der Waals surface area contributed by atoms with E-state index >= 15 is 0 Å². The summed E-state index contributed by atoms with van der Waals surface area (Å²) in [5, 5.41) is 11.9. The number of benzene rings is 4. The Balaban J connectivity index is 0.865. The first-order valence-corrected chi connectivity index (χ1v) is 24.1. The Morgan fingerprint density at radius 2 is 1.23 bits per heavy atom. The fraction of sp³-hybridized carbons (Fsp3) is 0.327. The molecule has 3 heterocycles. The number of rotatable bonds is 18. The van der Waals surface area contributed by atoms with Gasteiger partial charge in [0, 0.05) is 99.4 Å². The van der Waals surface area contributed by atoms with Gasteiger partial charge in [0.1, 0.15) is 20.1 Å². The number of hydrogen-bond acceptors (Lipinski definition) is 5. The third-order valence-corrected chi connectivity index (χ3v) is 14.9. The molecule has 322 valence electrons. The van der Waals surface area contributed by atoms with E-state index in [1.165, 1.54) is 22.5 Å². The van der Waals surface area contributed by atoms with Gasteiger partial charge in [-0.3, -0.25) is 9.59 Å². The average molecular weight is 866 g/mol. The molecule has 0 spiro atoms. The van der Waals surface area contributed by atoms with Crippen LogP contribution in [0.15, 0.2) is 109 Å². The number of amides is 2. The standard InChI is InChI=1S/C52H60N6O2S2/c1-36-38(20-17-29-51(3,4)42-21-11-13-23-44(42)53-7)40-18-9-14-24-45(40)57(36)34-49(59)54-30-32-61-62-33-31-55-50(60)35-58-37(2)39(41-19-10-15-25-46(41)58)27-28-48-52(5,6)43-22-12-16-26-47(43)56(48)8/h9-28,53H,29-35H2,1-8H3,(H-,54,55,59,60)/p+1/b20-17+. The van der Waals surface area contributed by atoms with Crippen LogP contribution in [-0.2, 0) is 33.5 Å². The first kappa shape index (κ1) is 44.6. The van der Waals surface area contributed by atoms with E-state index in [9.17, 15) is 9.59 Å². The van der Waals surface area contributed by atoms with Crippen molar-refractivity contribution in [3.8, 4) is 0 Å². The van der Waals surface area contributed by atoms with Gasteiger partial charge in [-0.25, -0.2) is 0 Å². The smallest absolute Gasteiger partial charge is 0.239 e. The van der Waals surface area contributed by atoms with Crippen molar-refractivity contribution in [3.05, 3.63) is 143 Å². The Labute approximate surface area is 375 Å². The maximum atomic E-state index is 13.2. The van der Waals surface area contributed by atoms with Crippen LogP contribution in [0.1, 0.15) is 67.8 Å². The molecule has 2 amide bonds. The van der Waals surface area contributed by atoms with Gasteiger partial charge in [0.25, 0.3) is 0 Å². The van der Waals surface area contributed by atoms with Gasteiger partial charge in [-0.1, -0.05) is 120 Å². The molecule has 6 aromatic rings. The molecule has 1 aliphatic rings. The lowest BCUT2D eigenvalue weighted by Gasteiger charge is -2.26. The maximum absolute atomic E-state index is 13.2. The highest BCUT2D eigenvalue weighted by Gasteiger charge is 2.42. The third kappa shape index (κ3) is 9.32. The monoisotopic (exact) mass is 865 g/mol. The quantitative estimate of drug-likeness (QED) is 0.0455. The molecular formula is C52H61N6O2S2+. The number of nitrogens with one attached hydrogen (secondary N) is 3. The molecular weight excluding hydrogens is 805 g/mol. The van der Waals surface area contributed by atoms with Crippen LogP contribution in [0.4, 0.5) is 11.4 Å². The highest BCUT2D eigenvalue weighted by molar-refractivity contribution is 8.76. The molecule has 7 rings (SSSR count). The molecule has 0 saturated heterocycles. The van der Waals surface area contributed by atoms with Gasteiger partial charge in [0.2, 0.25) is 17.5 Å². The lowest BCUT2D eigenvalue weighted by Crippen LogP contribution is -2.30. The Morgan fingerprint density at radius 3 is 1.81 bits per heavy atom. The van der Waals surface area contributed by atoms with Crippen molar-refractivity contribution in [1.29, 1.82) is 0 Å².